The molecule has 7 nitrogen and oxygen atoms in total. The largest absolute Gasteiger partial charge is 0.450 e. The van der Waals surface area contributed by atoms with Gasteiger partial charge in [0.05, 0.1) is 12.3 Å². The van der Waals surface area contributed by atoms with Crippen LogP contribution in [-0.4, -0.2) is 64.8 Å². The second kappa shape index (κ2) is 11.1. The summed E-state index contributed by atoms with van der Waals surface area (Å²) in [6.45, 7) is 4.04. The lowest BCUT2D eigenvalue weighted by Gasteiger charge is -2.34. The standard InChI is InChI=1S/C25H25FN4O3S/c1-2-33-25(32)30-15-13-29(14-16-30)24(31)20-5-3-18(4-6-20)17-34-23-12-11-22(27-28-23)19-7-9-21(26)10-8-19/h3-12H,2,13-17H2,1H3. The maximum Gasteiger partial charge on any atom is 0.409 e. The van der Waals surface area contributed by atoms with Crippen molar-refractivity contribution in [3.63, 3.8) is 0 Å². The molecule has 34 heavy (non-hydrogen) atoms. The summed E-state index contributed by atoms with van der Waals surface area (Å²) in [7, 11) is 0. The van der Waals surface area contributed by atoms with Crippen LogP contribution in [0.5, 0.6) is 0 Å². The first-order chi connectivity index (χ1) is 16.5. The highest BCUT2D eigenvalue weighted by Gasteiger charge is 2.25. The van der Waals surface area contributed by atoms with Gasteiger partial charge >= 0.3 is 6.09 Å². The minimum absolute atomic E-state index is 0.0371. The molecule has 0 bridgehead atoms. The Morgan fingerprint density at radius 1 is 0.912 bits per heavy atom. The summed E-state index contributed by atoms with van der Waals surface area (Å²) in [6, 6.07) is 17.5. The van der Waals surface area contributed by atoms with Crippen LogP contribution in [0.2, 0.25) is 0 Å². The van der Waals surface area contributed by atoms with E-state index in [0.29, 0.717) is 49.8 Å². The number of carbonyl (C=O) groups is 2. The van der Waals surface area contributed by atoms with Gasteiger partial charge in [-0.3, -0.25) is 4.79 Å². The first kappa shape index (κ1) is 23.7. The molecule has 2 heterocycles. The van der Waals surface area contributed by atoms with Gasteiger partial charge in [0.25, 0.3) is 5.91 Å². The molecule has 1 aromatic heterocycles. The molecule has 4 rings (SSSR count). The second-order valence-corrected chi connectivity index (χ2v) is 8.72. The summed E-state index contributed by atoms with van der Waals surface area (Å²) in [4.78, 5) is 28.0. The van der Waals surface area contributed by atoms with Crippen LogP contribution in [0.15, 0.2) is 65.7 Å². The van der Waals surface area contributed by atoms with E-state index in [4.69, 9.17) is 4.74 Å². The zero-order chi connectivity index (χ0) is 23.9. The molecule has 3 aromatic rings. The predicted octanol–water partition coefficient (Wildman–Crippen LogP) is 4.49. The molecule has 0 N–H and O–H groups in total. The molecular weight excluding hydrogens is 455 g/mol. The molecule has 9 heteroatoms. The number of aromatic nitrogens is 2. The lowest BCUT2D eigenvalue weighted by molar-refractivity contribution is 0.0570. The number of nitrogens with zero attached hydrogens (tertiary/aromatic N) is 4. The number of carbonyl (C=O) groups excluding carboxylic acids is 2. The SMILES string of the molecule is CCOC(=O)N1CCN(C(=O)c2ccc(CSc3ccc(-c4ccc(F)cc4)nn3)cc2)CC1. The number of piperazine rings is 1. The van der Waals surface area contributed by atoms with Crippen LogP contribution in [0.4, 0.5) is 9.18 Å². The Hall–Kier alpha value is -3.46. The lowest BCUT2D eigenvalue weighted by Crippen LogP contribution is -2.50. The van der Waals surface area contributed by atoms with Gasteiger partial charge in [-0.2, -0.15) is 0 Å². The molecule has 2 amide bonds. The van der Waals surface area contributed by atoms with Crippen molar-refractivity contribution in [2.24, 2.45) is 0 Å². The predicted molar refractivity (Wildman–Crippen MR) is 128 cm³/mol. The summed E-state index contributed by atoms with van der Waals surface area (Å²) in [5, 5.41) is 9.26. The number of benzene rings is 2. The van der Waals surface area contributed by atoms with E-state index in [1.165, 1.54) is 12.1 Å². The molecular formula is C25H25FN4O3S. The third-order valence-corrected chi connectivity index (χ3v) is 6.45. The average Bonchev–Trinajstić information content (AvgIpc) is 2.88. The molecule has 0 aliphatic carbocycles. The normalized spacial score (nSPS) is 13.6. The van der Waals surface area contributed by atoms with Crippen LogP contribution in [-0.2, 0) is 10.5 Å². The topological polar surface area (TPSA) is 75.6 Å². The second-order valence-electron chi connectivity index (χ2n) is 7.73. The van der Waals surface area contributed by atoms with Gasteiger partial charge in [0.2, 0.25) is 0 Å². The molecule has 0 saturated carbocycles. The van der Waals surface area contributed by atoms with Gasteiger partial charge in [-0.05, 0) is 61.0 Å². The summed E-state index contributed by atoms with van der Waals surface area (Å²) < 4.78 is 18.1. The van der Waals surface area contributed by atoms with Crippen molar-refractivity contribution in [2.45, 2.75) is 17.7 Å². The number of hydrogen-bond donors (Lipinski definition) is 0. The van der Waals surface area contributed by atoms with Gasteiger partial charge in [-0.15, -0.1) is 10.2 Å². The number of ether oxygens (including phenoxy) is 1. The van der Waals surface area contributed by atoms with Crippen LogP contribution >= 0.6 is 11.8 Å². The third-order valence-electron chi connectivity index (χ3n) is 5.46. The number of halogens is 1. The van der Waals surface area contributed by atoms with E-state index in [-0.39, 0.29) is 17.8 Å². The maximum absolute atomic E-state index is 13.1. The van der Waals surface area contributed by atoms with Crippen molar-refractivity contribution in [3.8, 4) is 11.3 Å². The molecule has 176 valence electrons. The van der Waals surface area contributed by atoms with Crippen molar-refractivity contribution < 1.29 is 18.7 Å². The van der Waals surface area contributed by atoms with E-state index in [2.05, 4.69) is 10.2 Å². The average molecular weight is 481 g/mol. The van der Waals surface area contributed by atoms with E-state index in [1.807, 2.05) is 36.4 Å². The number of hydrogen-bond acceptors (Lipinski definition) is 6. The number of thioether (sulfide) groups is 1. The van der Waals surface area contributed by atoms with Gasteiger partial charge in [0.1, 0.15) is 10.8 Å². The van der Waals surface area contributed by atoms with Gasteiger partial charge < -0.3 is 14.5 Å². The van der Waals surface area contributed by atoms with Crippen LogP contribution < -0.4 is 0 Å². The van der Waals surface area contributed by atoms with Crippen molar-refractivity contribution >= 4 is 23.8 Å². The minimum Gasteiger partial charge on any atom is -0.450 e. The first-order valence-electron chi connectivity index (χ1n) is 11.1. The number of rotatable bonds is 6. The molecule has 0 spiro atoms. The van der Waals surface area contributed by atoms with Crippen molar-refractivity contribution in [3.05, 3.63) is 77.6 Å². The zero-order valence-electron chi connectivity index (χ0n) is 18.8. The quantitative estimate of drug-likeness (QED) is 0.484. The summed E-state index contributed by atoms with van der Waals surface area (Å²) in [6.07, 6.45) is -0.328. The summed E-state index contributed by atoms with van der Waals surface area (Å²) in [5.41, 5.74) is 3.20. The fourth-order valence-corrected chi connectivity index (χ4v) is 4.33. The molecule has 1 aliphatic heterocycles. The van der Waals surface area contributed by atoms with Gasteiger partial charge in [0, 0.05) is 43.1 Å². The van der Waals surface area contributed by atoms with E-state index < -0.39 is 0 Å². The smallest absolute Gasteiger partial charge is 0.409 e. The Kier molecular flexibility index (Phi) is 7.74. The third kappa shape index (κ3) is 5.91. The van der Waals surface area contributed by atoms with Crippen LogP contribution in [0.3, 0.4) is 0 Å². The molecule has 0 atom stereocenters. The van der Waals surface area contributed by atoms with Gasteiger partial charge in [0.15, 0.2) is 0 Å². The fraction of sp³-hybridized carbons (Fsp3) is 0.280. The summed E-state index contributed by atoms with van der Waals surface area (Å²) in [5.74, 6) is 0.371. The van der Waals surface area contributed by atoms with Crippen molar-refractivity contribution in [1.82, 2.24) is 20.0 Å². The zero-order valence-corrected chi connectivity index (χ0v) is 19.6. The lowest BCUT2D eigenvalue weighted by atomic mass is 10.1. The fourth-order valence-electron chi connectivity index (χ4n) is 3.56. The molecule has 1 aliphatic rings. The van der Waals surface area contributed by atoms with E-state index >= 15 is 0 Å². The molecule has 1 saturated heterocycles. The Morgan fingerprint density at radius 2 is 1.59 bits per heavy atom. The highest BCUT2D eigenvalue weighted by Crippen LogP contribution is 2.23. The summed E-state index contributed by atoms with van der Waals surface area (Å²) >= 11 is 1.55. The monoisotopic (exact) mass is 480 g/mol. The van der Waals surface area contributed by atoms with Crippen molar-refractivity contribution in [1.29, 1.82) is 0 Å². The highest BCUT2D eigenvalue weighted by atomic mass is 32.2. The first-order valence-corrected chi connectivity index (χ1v) is 12.0. The highest BCUT2D eigenvalue weighted by molar-refractivity contribution is 7.98. The minimum atomic E-state index is -0.328. The molecule has 1 fully saturated rings. The number of amides is 2. The van der Waals surface area contributed by atoms with Crippen LogP contribution in [0, 0.1) is 5.82 Å². The Labute approximate surface area is 201 Å². The van der Waals surface area contributed by atoms with Crippen LogP contribution in [0.25, 0.3) is 11.3 Å². The van der Waals surface area contributed by atoms with E-state index in [0.717, 1.165) is 16.2 Å². The molecule has 0 radical (unpaired) electrons. The molecule has 0 unspecified atom stereocenters. The van der Waals surface area contributed by atoms with Gasteiger partial charge in [-0.25, -0.2) is 9.18 Å². The van der Waals surface area contributed by atoms with Crippen LogP contribution in [0.1, 0.15) is 22.8 Å². The van der Waals surface area contributed by atoms with Gasteiger partial charge in [-0.1, -0.05) is 23.9 Å². The Morgan fingerprint density at radius 3 is 2.21 bits per heavy atom. The maximum atomic E-state index is 13.1. The van der Waals surface area contributed by atoms with Crippen molar-refractivity contribution in [2.75, 3.05) is 32.8 Å². The Balaban J connectivity index is 1.28. The molecule has 2 aromatic carbocycles. The van der Waals surface area contributed by atoms with E-state index in [1.54, 1.807) is 40.6 Å². The Bertz CT molecular complexity index is 1120. The van der Waals surface area contributed by atoms with E-state index in [9.17, 15) is 14.0 Å².